The number of hydrogen-bond donors (Lipinski definition) is 2. The van der Waals surface area contributed by atoms with Crippen LogP contribution in [-0.2, 0) is 38.1 Å². The van der Waals surface area contributed by atoms with Crippen molar-refractivity contribution in [2.75, 3.05) is 25.7 Å². The lowest BCUT2D eigenvalue weighted by molar-refractivity contribution is -0.171. The highest BCUT2D eigenvalue weighted by atomic mass is 32.2. The smallest absolute Gasteiger partial charge is 0.431 e. The largest absolute Gasteiger partial charge is 0.511 e. The quantitative estimate of drug-likeness (QED) is 0.167. The standard InChI is InChI=1S/C21H37NO10S/c1-15(17-9-6-5-7-10-17)32-20(26)30-14-29-19(25)18(24)21(3,4)13-31-33(27,28)12-8-11-22-16(2)23/h15,17-18,24H,5-14H2,1-4H3,(H,22,23)/t15?,18-/m0/s1. The van der Waals surface area contributed by atoms with Crippen molar-refractivity contribution in [2.24, 2.45) is 11.3 Å². The second kappa shape index (κ2) is 13.7. The van der Waals surface area contributed by atoms with Crippen molar-refractivity contribution in [3.63, 3.8) is 0 Å². The minimum absolute atomic E-state index is 0.153. The lowest BCUT2D eigenvalue weighted by atomic mass is 9.86. The number of carbonyl (C=O) groups is 3. The summed E-state index contributed by atoms with van der Waals surface area (Å²) in [7, 11) is -3.92. The van der Waals surface area contributed by atoms with Gasteiger partial charge in [-0.25, -0.2) is 9.59 Å². The zero-order valence-electron chi connectivity index (χ0n) is 19.8. The Labute approximate surface area is 195 Å². The topological polar surface area (TPSA) is 155 Å². The minimum atomic E-state index is -3.92. The average Bonchev–Trinajstić information content (AvgIpc) is 2.75. The van der Waals surface area contributed by atoms with Crippen molar-refractivity contribution in [3.8, 4) is 0 Å². The van der Waals surface area contributed by atoms with E-state index >= 15 is 0 Å². The van der Waals surface area contributed by atoms with Crippen LogP contribution in [0.2, 0.25) is 0 Å². The summed E-state index contributed by atoms with van der Waals surface area (Å²) < 4.78 is 43.5. The number of esters is 1. The van der Waals surface area contributed by atoms with Crippen LogP contribution in [0, 0.1) is 11.3 Å². The molecule has 0 aromatic heterocycles. The first kappa shape index (κ1) is 29.1. The molecular weight excluding hydrogens is 458 g/mol. The number of aliphatic hydroxyl groups is 1. The molecule has 2 atom stereocenters. The Morgan fingerprint density at radius 1 is 1.12 bits per heavy atom. The van der Waals surface area contributed by atoms with Crippen LogP contribution in [0.5, 0.6) is 0 Å². The Kier molecular flexibility index (Phi) is 12.1. The molecule has 1 fully saturated rings. The zero-order chi connectivity index (χ0) is 25.1. The van der Waals surface area contributed by atoms with Crippen LogP contribution in [0.15, 0.2) is 0 Å². The molecule has 0 bridgehead atoms. The molecule has 2 N–H and O–H groups in total. The maximum Gasteiger partial charge on any atom is 0.511 e. The molecule has 0 aliphatic heterocycles. The fraction of sp³-hybridized carbons (Fsp3) is 0.857. The predicted octanol–water partition coefficient (Wildman–Crippen LogP) is 1.87. The highest BCUT2D eigenvalue weighted by molar-refractivity contribution is 7.86. The summed E-state index contributed by atoms with van der Waals surface area (Å²) in [6.45, 7) is 4.92. The Morgan fingerprint density at radius 3 is 2.36 bits per heavy atom. The third-order valence-electron chi connectivity index (χ3n) is 5.49. The van der Waals surface area contributed by atoms with Gasteiger partial charge >= 0.3 is 12.1 Å². The minimum Gasteiger partial charge on any atom is -0.431 e. The van der Waals surface area contributed by atoms with Gasteiger partial charge in [0, 0.05) is 18.9 Å². The molecule has 1 saturated carbocycles. The monoisotopic (exact) mass is 495 g/mol. The number of hydrogen-bond acceptors (Lipinski definition) is 10. The van der Waals surface area contributed by atoms with Gasteiger partial charge in [0.25, 0.3) is 10.1 Å². The van der Waals surface area contributed by atoms with E-state index < -0.39 is 47.2 Å². The van der Waals surface area contributed by atoms with Gasteiger partial charge in [0.05, 0.1) is 12.4 Å². The first-order chi connectivity index (χ1) is 15.3. The van der Waals surface area contributed by atoms with Crippen LogP contribution in [0.25, 0.3) is 0 Å². The van der Waals surface area contributed by atoms with Crippen LogP contribution < -0.4 is 5.32 Å². The van der Waals surface area contributed by atoms with E-state index in [0.717, 1.165) is 25.7 Å². The second-order valence-corrected chi connectivity index (χ2v) is 10.7. The van der Waals surface area contributed by atoms with E-state index in [-0.39, 0.29) is 36.6 Å². The van der Waals surface area contributed by atoms with E-state index in [1.54, 1.807) is 6.92 Å². The van der Waals surface area contributed by atoms with Gasteiger partial charge in [-0.05, 0) is 32.1 Å². The Bertz CT molecular complexity index is 746. The lowest BCUT2D eigenvalue weighted by Gasteiger charge is -2.28. The molecule has 11 nitrogen and oxygen atoms in total. The molecule has 0 heterocycles. The summed E-state index contributed by atoms with van der Waals surface area (Å²) in [5.74, 6) is -1.43. The molecule has 12 heteroatoms. The van der Waals surface area contributed by atoms with E-state index in [2.05, 4.69) is 5.32 Å². The Morgan fingerprint density at radius 2 is 1.76 bits per heavy atom. The first-order valence-corrected chi connectivity index (χ1v) is 12.7. The molecule has 1 amide bonds. The van der Waals surface area contributed by atoms with E-state index in [4.69, 9.17) is 18.4 Å². The highest BCUT2D eigenvalue weighted by Gasteiger charge is 2.37. The molecule has 0 spiro atoms. The van der Waals surface area contributed by atoms with Gasteiger partial charge < -0.3 is 24.6 Å². The van der Waals surface area contributed by atoms with Crippen LogP contribution >= 0.6 is 0 Å². The highest BCUT2D eigenvalue weighted by Crippen LogP contribution is 2.28. The maximum atomic E-state index is 12.1. The molecule has 33 heavy (non-hydrogen) atoms. The van der Waals surface area contributed by atoms with Crippen molar-refractivity contribution in [1.29, 1.82) is 0 Å². The number of rotatable bonds is 13. The number of aliphatic hydroxyl groups excluding tert-OH is 1. The fourth-order valence-electron chi connectivity index (χ4n) is 3.31. The zero-order valence-corrected chi connectivity index (χ0v) is 20.6. The van der Waals surface area contributed by atoms with Crippen LogP contribution in [0.1, 0.15) is 66.2 Å². The van der Waals surface area contributed by atoms with Gasteiger partial charge in [0.2, 0.25) is 12.7 Å². The van der Waals surface area contributed by atoms with Crippen LogP contribution in [-0.4, -0.2) is 69.5 Å². The van der Waals surface area contributed by atoms with E-state index in [1.807, 2.05) is 0 Å². The normalized spacial score (nSPS) is 17.0. The lowest BCUT2D eigenvalue weighted by Crippen LogP contribution is -2.42. The third kappa shape index (κ3) is 11.7. The molecular formula is C21H37NO10S. The molecule has 1 aliphatic carbocycles. The Balaban J connectivity index is 2.36. The van der Waals surface area contributed by atoms with E-state index in [1.165, 1.54) is 27.2 Å². The maximum absolute atomic E-state index is 12.1. The molecule has 0 aromatic rings. The number of nitrogens with one attached hydrogen (secondary N) is 1. The third-order valence-corrected chi connectivity index (χ3v) is 6.76. The van der Waals surface area contributed by atoms with Gasteiger partial charge in [0.1, 0.15) is 6.10 Å². The van der Waals surface area contributed by atoms with Gasteiger partial charge in [-0.15, -0.1) is 0 Å². The Hall–Kier alpha value is -1.92. The summed E-state index contributed by atoms with van der Waals surface area (Å²) in [5.41, 5.74) is -1.31. The average molecular weight is 496 g/mol. The van der Waals surface area contributed by atoms with Gasteiger partial charge in [-0.3, -0.25) is 8.98 Å². The van der Waals surface area contributed by atoms with E-state index in [0.29, 0.717) is 0 Å². The molecule has 0 aromatic carbocycles. The van der Waals surface area contributed by atoms with E-state index in [9.17, 15) is 27.9 Å². The van der Waals surface area contributed by atoms with Gasteiger partial charge in [-0.1, -0.05) is 33.1 Å². The van der Waals surface area contributed by atoms with Crippen LogP contribution in [0.4, 0.5) is 4.79 Å². The van der Waals surface area contributed by atoms with Crippen molar-refractivity contribution in [3.05, 3.63) is 0 Å². The van der Waals surface area contributed by atoms with Crippen molar-refractivity contribution >= 4 is 28.1 Å². The van der Waals surface area contributed by atoms with Gasteiger partial charge in [0.15, 0.2) is 6.10 Å². The first-order valence-electron chi connectivity index (χ1n) is 11.1. The number of amides is 1. The summed E-state index contributed by atoms with van der Waals surface area (Å²) in [6, 6.07) is 0. The molecule has 0 saturated heterocycles. The summed E-state index contributed by atoms with van der Waals surface area (Å²) >= 11 is 0. The van der Waals surface area contributed by atoms with Crippen molar-refractivity contribution in [1.82, 2.24) is 5.32 Å². The van der Waals surface area contributed by atoms with Gasteiger partial charge in [-0.2, -0.15) is 8.42 Å². The van der Waals surface area contributed by atoms with Crippen molar-refractivity contribution in [2.45, 2.75) is 78.4 Å². The molecule has 1 unspecified atom stereocenters. The fourth-order valence-corrected chi connectivity index (χ4v) is 4.41. The summed E-state index contributed by atoms with van der Waals surface area (Å²) in [4.78, 5) is 34.7. The SMILES string of the molecule is CC(=O)NCCCS(=O)(=O)OCC(C)(C)[C@@H](O)C(=O)OCOC(=O)OC(C)C1CCCCC1. The predicted molar refractivity (Wildman–Crippen MR) is 117 cm³/mol. The number of ether oxygens (including phenoxy) is 3. The second-order valence-electron chi connectivity index (χ2n) is 8.95. The molecule has 192 valence electrons. The number of carbonyl (C=O) groups excluding carboxylic acids is 3. The molecule has 1 aliphatic rings. The molecule has 0 radical (unpaired) electrons. The molecule has 1 rings (SSSR count). The van der Waals surface area contributed by atoms with Crippen LogP contribution in [0.3, 0.4) is 0 Å². The summed E-state index contributed by atoms with van der Waals surface area (Å²) in [5, 5.41) is 12.7. The van der Waals surface area contributed by atoms with Crippen molar-refractivity contribution < 1.29 is 46.3 Å². The summed E-state index contributed by atoms with van der Waals surface area (Å²) in [6.07, 6.45) is 2.49.